The van der Waals surface area contributed by atoms with Crippen molar-refractivity contribution in [2.24, 2.45) is 16.8 Å². The van der Waals surface area contributed by atoms with Crippen molar-refractivity contribution < 1.29 is 4.79 Å². The first-order chi connectivity index (χ1) is 8.81. The van der Waals surface area contributed by atoms with Gasteiger partial charge in [-0.15, -0.1) is 0 Å². The Hall–Kier alpha value is -1.49. The smallest absolute Gasteiger partial charge is 0.231 e. The monoisotopic (exact) mass is 282 g/mol. The van der Waals surface area contributed by atoms with E-state index in [1.54, 1.807) is 27.0 Å². The van der Waals surface area contributed by atoms with Gasteiger partial charge in [-0.3, -0.25) is 15.1 Å². The molecule has 1 amide bonds. The molecule has 6 heteroatoms. The van der Waals surface area contributed by atoms with Gasteiger partial charge in [0.1, 0.15) is 5.69 Å². The molecule has 0 bridgehead atoms. The number of anilines is 1. The molecule has 0 aliphatic carbocycles. The second kappa shape index (κ2) is 6.61. The van der Waals surface area contributed by atoms with Crippen LogP contribution in [0.4, 0.5) is 11.6 Å². The number of aromatic nitrogens is 2. The minimum atomic E-state index is -0.145. The van der Waals surface area contributed by atoms with Gasteiger partial charge in [-0.05, 0) is 12.8 Å². The van der Waals surface area contributed by atoms with Crippen LogP contribution in [-0.4, -0.2) is 22.1 Å². The van der Waals surface area contributed by atoms with Gasteiger partial charge in [0.15, 0.2) is 5.15 Å². The van der Waals surface area contributed by atoms with E-state index >= 15 is 0 Å². The van der Waals surface area contributed by atoms with E-state index in [0.717, 1.165) is 0 Å². The molecular formula is C13H19ClN4O. The van der Waals surface area contributed by atoms with Gasteiger partial charge in [0.25, 0.3) is 0 Å². The minimum Gasteiger partial charge on any atom is -0.294 e. The quantitative estimate of drug-likeness (QED) is 0.680. The second-order valence-electron chi connectivity index (χ2n) is 4.94. The summed E-state index contributed by atoms with van der Waals surface area (Å²) < 4.78 is 0. The Morgan fingerprint density at radius 1 is 1.32 bits per heavy atom. The Labute approximate surface area is 118 Å². The normalized spacial score (nSPS) is 11.6. The number of aryl methyl sites for hydroxylation is 1. The molecule has 0 saturated carbocycles. The number of hydrogen-bond donors (Lipinski definition) is 1. The van der Waals surface area contributed by atoms with Crippen LogP contribution in [0.15, 0.2) is 4.99 Å². The van der Waals surface area contributed by atoms with Crippen LogP contribution in [0.1, 0.15) is 33.4 Å². The second-order valence-corrected chi connectivity index (χ2v) is 5.30. The van der Waals surface area contributed by atoms with Crippen LogP contribution in [0.3, 0.4) is 0 Å². The molecule has 0 radical (unpaired) electrons. The molecule has 19 heavy (non-hydrogen) atoms. The van der Waals surface area contributed by atoms with Gasteiger partial charge < -0.3 is 0 Å². The summed E-state index contributed by atoms with van der Waals surface area (Å²) in [7, 11) is 0. The molecule has 1 aromatic rings. The van der Waals surface area contributed by atoms with Crippen LogP contribution in [0, 0.1) is 18.8 Å². The van der Waals surface area contributed by atoms with Gasteiger partial charge >= 0.3 is 0 Å². The Bertz CT molecular complexity index is 474. The summed E-state index contributed by atoms with van der Waals surface area (Å²) in [6.07, 6.45) is 1.78. The largest absolute Gasteiger partial charge is 0.294 e. The number of rotatable bonds is 4. The first-order valence-corrected chi connectivity index (χ1v) is 6.58. The zero-order chi connectivity index (χ0) is 14.6. The molecule has 0 spiro atoms. The highest BCUT2D eigenvalue weighted by atomic mass is 35.5. The van der Waals surface area contributed by atoms with Crippen molar-refractivity contribution in [1.29, 1.82) is 0 Å². The number of carbonyl (C=O) groups is 1. The number of aliphatic imine (C=N–C) groups is 1. The summed E-state index contributed by atoms with van der Waals surface area (Å²) in [5.74, 6) is 0.246. The Balaban J connectivity index is 3.00. The van der Waals surface area contributed by atoms with E-state index in [4.69, 9.17) is 11.6 Å². The van der Waals surface area contributed by atoms with Crippen molar-refractivity contribution in [3.63, 3.8) is 0 Å². The van der Waals surface area contributed by atoms with Crippen LogP contribution < -0.4 is 5.32 Å². The molecule has 0 saturated heterocycles. The molecule has 1 aromatic heterocycles. The van der Waals surface area contributed by atoms with Crippen molar-refractivity contribution in [3.8, 4) is 0 Å². The molecule has 0 aromatic carbocycles. The van der Waals surface area contributed by atoms with Crippen molar-refractivity contribution >= 4 is 35.4 Å². The first-order valence-electron chi connectivity index (χ1n) is 6.20. The maximum absolute atomic E-state index is 11.6. The van der Waals surface area contributed by atoms with Crippen molar-refractivity contribution in [3.05, 3.63) is 10.8 Å². The third kappa shape index (κ3) is 4.59. The third-order valence-electron chi connectivity index (χ3n) is 2.28. The standard InChI is InChI=1S/C13H19ClN4O/c1-7(2)6-15-10-9(5)16-13(17-11(10)14)18-12(19)8(3)4/h6-8H,1-5H3,(H,16,17,18,19). The van der Waals surface area contributed by atoms with Gasteiger partial charge in [-0.1, -0.05) is 39.3 Å². The molecule has 104 valence electrons. The van der Waals surface area contributed by atoms with E-state index in [2.05, 4.69) is 20.3 Å². The summed E-state index contributed by atoms with van der Waals surface area (Å²) in [6.45, 7) is 9.41. The molecular weight excluding hydrogens is 264 g/mol. The molecule has 1 heterocycles. The summed E-state index contributed by atoms with van der Waals surface area (Å²) >= 11 is 6.06. The maximum atomic E-state index is 11.6. The number of halogens is 1. The van der Waals surface area contributed by atoms with Crippen LogP contribution in [0.5, 0.6) is 0 Å². The highest BCUT2D eigenvalue weighted by Crippen LogP contribution is 2.27. The molecule has 0 fully saturated rings. The SMILES string of the molecule is Cc1nc(NC(=O)C(C)C)nc(Cl)c1N=CC(C)C. The van der Waals surface area contributed by atoms with Crippen LogP contribution in [0.2, 0.25) is 5.15 Å². The van der Waals surface area contributed by atoms with Gasteiger partial charge in [0.2, 0.25) is 11.9 Å². The van der Waals surface area contributed by atoms with E-state index in [1.165, 1.54) is 0 Å². The number of hydrogen-bond acceptors (Lipinski definition) is 4. The van der Waals surface area contributed by atoms with Gasteiger partial charge in [0, 0.05) is 12.1 Å². The number of nitrogens with one attached hydrogen (secondary N) is 1. The van der Waals surface area contributed by atoms with Crippen LogP contribution >= 0.6 is 11.6 Å². The highest BCUT2D eigenvalue weighted by molar-refractivity contribution is 6.32. The van der Waals surface area contributed by atoms with E-state index in [1.807, 2.05) is 13.8 Å². The van der Waals surface area contributed by atoms with Gasteiger partial charge in [-0.25, -0.2) is 4.98 Å². The third-order valence-corrected chi connectivity index (χ3v) is 2.54. The van der Waals surface area contributed by atoms with Gasteiger partial charge in [0.05, 0.1) is 5.69 Å². The van der Waals surface area contributed by atoms with Gasteiger partial charge in [-0.2, -0.15) is 4.98 Å². The summed E-state index contributed by atoms with van der Waals surface area (Å²) in [6, 6.07) is 0. The van der Waals surface area contributed by atoms with E-state index in [0.29, 0.717) is 17.3 Å². The zero-order valence-electron chi connectivity index (χ0n) is 11.9. The van der Waals surface area contributed by atoms with E-state index in [-0.39, 0.29) is 22.9 Å². The summed E-state index contributed by atoms with van der Waals surface area (Å²) in [4.78, 5) is 24.1. The Morgan fingerprint density at radius 2 is 1.95 bits per heavy atom. The van der Waals surface area contributed by atoms with E-state index in [9.17, 15) is 4.79 Å². The van der Waals surface area contributed by atoms with Crippen LogP contribution in [0.25, 0.3) is 0 Å². The minimum absolute atomic E-state index is 0.138. The van der Waals surface area contributed by atoms with Crippen molar-refractivity contribution in [1.82, 2.24) is 9.97 Å². The first kappa shape index (κ1) is 15.6. The Kier molecular flexibility index (Phi) is 5.42. The molecule has 0 unspecified atom stereocenters. The molecule has 5 nitrogen and oxygen atoms in total. The molecule has 0 aliphatic rings. The van der Waals surface area contributed by atoms with E-state index < -0.39 is 0 Å². The number of nitrogens with zero attached hydrogens (tertiary/aromatic N) is 3. The lowest BCUT2D eigenvalue weighted by molar-refractivity contribution is -0.118. The maximum Gasteiger partial charge on any atom is 0.231 e. The summed E-state index contributed by atoms with van der Waals surface area (Å²) in [5, 5.41) is 2.86. The number of carbonyl (C=O) groups excluding carboxylic acids is 1. The Morgan fingerprint density at radius 3 is 2.42 bits per heavy atom. The molecule has 0 atom stereocenters. The molecule has 0 aliphatic heterocycles. The van der Waals surface area contributed by atoms with Crippen molar-refractivity contribution in [2.45, 2.75) is 34.6 Å². The lowest BCUT2D eigenvalue weighted by Crippen LogP contribution is -2.19. The predicted molar refractivity (Wildman–Crippen MR) is 78.2 cm³/mol. The van der Waals surface area contributed by atoms with Crippen molar-refractivity contribution in [2.75, 3.05) is 5.32 Å². The zero-order valence-corrected chi connectivity index (χ0v) is 12.6. The van der Waals surface area contributed by atoms with Crippen LogP contribution in [-0.2, 0) is 4.79 Å². The highest BCUT2D eigenvalue weighted by Gasteiger charge is 2.13. The summed E-state index contributed by atoms with van der Waals surface area (Å²) in [5.41, 5.74) is 1.17. The fraction of sp³-hybridized carbons (Fsp3) is 0.538. The molecule has 1 N–H and O–H groups in total. The lowest BCUT2D eigenvalue weighted by atomic mass is 10.2. The fourth-order valence-electron chi connectivity index (χ4n) is 1.21. The average molecular weight is 283 g/mol. The lowest BCUT2D eigenvalue weighted by Gasteiger charge is -2.09. The molecule has 1 rings (SSSR count). The fourth-order valence-corrected chi connectivity index (χ4v) is 1.48. The number of amides is 1. The predicted octanol–water partition coefficient (Wildman–Crippen LogP) is 3.39. The topological polar surface area (TPSA) is 67.2 Å². The average Bonchev–Trinajstić information content (AvgIpc) is 2.27.